The fraction of sp³-hybridized carbons (Fsp3) is 0.200. The Morgan fingerprint density at radius 2 is 1.05 bits per heavy atom. The van der Waals surface area contributed by atoms with Gasteiger partial charge in [0.1, 0.15) is 17.3 Å². The van der Waals surface area contributed by atoms with Crippen LogP contribution in [-0.2, 0) is 24.5 Å². The summed E-state index contributed by atoms with van der Waals surface area (Å²) in [5.41, 5.74) is 0.227. The van der Waals surface area contributed by atoms with E-state index in [1.165, 1.54) is 22.2 Å². The van der Waals surface area contributed by atoms with Crippen LogP contribution in [0.1, 0.15) is 20.8 Å². The molecule has 3 aromatic carbocycles. The molecule has 1 N–H and O–H groups in total. The maximum absolute atomic E-state index is 14.7. The van der Waals surface area contributed by atoms with E-state index in [-0.39, 0.29) is 22.0 Å². The quantitative estimate of drug-likeness (QED) is 0.427. The molecule has 3 aromatic rings. The second kappa shape index (κ2) is 10.1. The van der Waals surface area contributed by atoms with Crippen molar-refractivity contribution < 1.29 is 27.4 Å². The normalized spacial score (nSPS) is 24.0. The number of hydrogen-bond acceptors (Lipinski definition) is 8. The summed E-state index contributed by atoms with van der Waals surface area (Å²) in [7, 11) is -4.46. The number of amides is 3. The van der Waals surface area contributed by atoms with Gasteiger partial charge in [0.05, 0.1) is 27.7 Å². The zero-order chi connectivity index (χ0) is 30.7. The molecule has 0 saturated heterocycles. The molecule has 3 heterocycles. The Morgan fingerprint density at radius 1 is 0.628 bits per heavy atom. The highest BCUT2D eigenvalue weighted by atomic mass is 32.2. The van der Waals surface area contributed by atoms with Crippen LogP contribution in [0, 0.1) is 17.3 Å². The van der Waals surface area contributed by atoms with Gasteiger partial charge in [-0.05, 0) is 69.3 Å². The fourth-order valence-corrected chi connectivity index (χ4v) is 6.54. The van der Waals surface area contributed by atoms with Gasteiger partial charge < -0.3 is 0 Å². The standard InChI is InChI=1S/C30H26N6O6S/c1-18-25(27(37)34(31-18)21-10-6-4-7-11-21)30(20(3)33-36(29(30)39)22-12-8-5-9-13-22)26-19(2)32-35(28(26)38)23-14-16-24(17-15-23)43(40,41)42/h4-17,25-26H,1-3H3,(H,40,41,42)/t25-,26+,30-/m0/s1. The van der Waals surface area contributed by atoms with E-state index in [1.807, 2.05) is 6.07 Å². The van der Waals surface area contributed by atoms with Crippen LogP contribution in [0.4, 0.5) is 17.1 Å². The molecule has 13 heteroatoms. The number of para-hydroxylation sites is 2. The molecular weight excluding hydrogens is 572 g/mol. The number of nitrogens with zero attached hydrogens (tertiary/aromatic N) is 6. The first-order valence-electron chi connectivity index (χ1n) is 13.3. The number of hydrogen-bond donors (Lipinski definition) is 1. The molecule has 0 unspecified atom stereocenters. The molecule has 3 amide bonds. The van der Waals surface area contributed by atoms with Gasteiger partial charge >= 0.3 is 0 Å². The lowest BCUT2D eigenvalue weighted by Crippen LogP contribution is -2.58. The van der Waals surface area contributed by atoms with Gasteiger partial charge in [-0.15, -0.1) is 0 Å². The highest BCUT2D eigenvalue weighted by Gasteiger charge is 2.68. The molecule has 218 valence electrons. The van der Waals surface area contributed by atoms with E-state index in [0.29, 0.717) is 17.1 Å². The molecule has 3 aliphatic rings. The summed E-state index contributed by atoms with van der Waals surface area (Å²) in [5.74, 6) is -4.09. The SMILES string of the molecule is CC1=NN(c2ccccc2)C(=O)[C@H]1[C@@]1([C@H]2C(=O)N(c3ccc(S(=O)(=O)O)cc3)N=C2C)C(=O)N(c2ccccc2)N=C1C. The lowest BCUT2D eigenvalue weighted by Gasteiger charge is -2.37. The number of anilines is 3. The molecule has 12 nitrogen and oxygen atoms in total. The lowest BCUT2D eigenvalue weighted by molar-refractivity contribution is -0.136. The molecule has 0 aromatic heterocycles. The van der Waals surface area contributed by atoms with Gasteiger partial charge in [0.2, 0.25) is 0 Å². The van der Waals surface area contributed by atoms with Crippen LogP contribution in [0.25, 0.3) is 0 Å². The maximum atomic E-state index is 14.7. The largest absolute Gasteiger partial charge is 0.294 e. The predicted octanol–water partition coefficient (Wildman–Crippen LogP) is 3.72. The van der Waals surface area contributed by atoms with Crippen LogP contribution < -0.4 is 15.0 Å². The third-order valence-corrected chi connectivity index (χ3v) is 8.82. The molecule has 0 bridgehead atoms. The van der Waals surface area contributed by atoms with Gasteiger partial charge in [0, 0.05) is 11.4 Å². The predicted molar refractivity (Wildman–Crippen MR) is 160 cm³/mol. The zero-order valence-corrected chi connectivity index (χ0v) is 24.1. The van der Waals surface area contributed by atoms with Crippen molar-refractivity contribution in [1.82, 2.24) is 0 Å². The van der Waals surface area contributed by atoms with Crippen LogP contribution in [0.15, 0.2) is 105 Å². The highest BCUT2D eigenvalue weighted by molar-refractivity contribution is 7.85. The Balaban J connectivity index is 1.48. The fourth-order valence-electron chi connectivity index (χ4n) is 6.06. The van der Waals surface area contributed by atoms with Gasteiger partial charge in [-0.2, -0.15) is 28.7 Å². The van der Waals surface area contributed by atoms with Crippen molar-refractivity contribution >= 4 is 62.0 Å². The molecule has 0 spiro atoms. The second-order valence-corrected chi connectivity index (χ2v) is 11.9. The van der Waals surface area contributed by atoms with Crippen LogP contribution in [0.5, 0.6) is 0 Å². The van der Waals surface area contributed by atoms with Crippen molar-refractivity contribution in [3.63, 3.8) is 0 Å². The van der Waals surface area contributed by atoms with Crippen molar-refractivity contribution in [2.45, 2.75) is 25.7 Å². The first-order chi connectivity index (χ1) is 20.5. The van der Waals surface area contributed by atoms with Gasteiger partial charge in [-0.1, -0.05) is 36.4 Å². The van der Waals surface area contributed by atoms with Crippen LogP contribution in [-0.4, -0.2) is 47.8 Å². The molecule has 3 aliphatic heterocycles. The Labute approximate surface area is 247 Å². The van der Waals surface area contributed by atoms with Crippen molar-refractivity contribution in [1.29, 1.82) is 0 Å². The zero-order valence-electron chi connectivity index (χ0n) is 23.3. The Bertz CT molecular complexity index is 1860. The monoisotopic (exact) mass is 598 g/mol. The summed E-state index contributed by atoms with van der Waals surface area (Å²) in [6.07, 6.45) is 0. The van der Waals surface area contributed by atoms with E-state index in [0.717, 1.165) is 17.1 Å². The Kier molecular flexibility index (Phi) is 6.58. The van der Waals surface area contributed by atoms with E-state index in [1.54, 1.807) is 75.4 Å². The van der Waals surface area contributed by atoms with E-state index < -0.39 is 45.1 Å². The van der Waals surface area contributed by atoms with Crippen molar-refractivity contribution in [2.24, 2.45) is 32.6 Å². The van der Waals surface area contributed by atoms with E-state index in [9.17, 15) is 27.4 Å². The molecule has 0 aliphatic carbocycles. The molecule has 6 rings (SSSR count). The minimum Gasteiger partial charge on any atom is -0.282 e. The van der Waals surface area contributed by atoms with Gasteiger partial charge in [-0.3, -0.25) is 18.9 Å². The number of carbonyl (C=O) groups excluding carboxylic acids is 3. The smallest absolute Gasteiger partial charge is 0.282 e. The van der Waals surface area contributed by atoms with Crippen molar-refractivity contribution in [3.05, 3.63) is 84.9 Å². The topological polar surface area (TPSA) is 152 Å². The number of hydrazone groups is 3. The summed E-state index contributed by atoms with van der Waals surface area (Å²) in [6, 6.07) is 22.4. The third-order valence-electron chi connectivity index (χ3n) is 7.95. The summed E-state index contributed by atoms with van der Waals surface area (Å²) in [6.45, 7) is 4.87. The summed E-state index contributed by atoms with van der Waals surface area (Å²) in [4.78, 5) is 42.9. The van der Waals surface area contributed by atoms with Crippen LogP contribution in [0.2, 0.25) is 0 Å². The summed E-state index contributed by atoms with van der Waals surface area (Å²) >= 11 is 0. The highest BCUT2D eigenvalue weighted by Crippen LogP contribution is 2.51. The van der Waals surface area contributed by atoms with Crippen LogP contribution in [0.3, 0.4) is 0 Å². The Hall–Kier alpha value is -5.01. The Morgan fingerprint density at radius 3 is 1.49 bits per heavy atom. The maximum Gasteiger partial charge on any atom is 0.294 e. The first kappa shape index (κ1) is 28.1. The van der Waals surface area contributed by atoms with Crippen molar-refractivity contribution in [2.75, 3.05) is 15.0 Å². The minimum atomic E-state index is -4.46. The average Bonchev–Trinajstić information content (AvgIpc) is 3.56. The number of benzene rings is 3. The number of rotatable bonds is 6. The summed E-state index contributed by atoms with van der Waals surface area (Å²) < 4.78 is 32.5. The first-order valence-corrected chi connectivity index (χ1v) is 14.8. The molecular formula is C30H26N6O6S. The van der Waals surface area contributed by atoms with E-state index in [2.05, 4.69) is 15.3 Å². The van der Waals surface area contributed by atoms with Crippen molar-refractivity contribution in [3.8, 4) is 0 Å². The summed E-state index contributed by atoms with van der Waals surface area (Å²) in [5, 5.41) is 17.1. The molecule has 0 fully saturated rings. The number of carbonyl (C=O) groups is 3. The molecule has 3 atom stereocenters. The van der Waals surface area contributed by atoms with E-state index in [4.69, 9.17) is 0 Å². The third kappa shape index (κ3) is 4.27. The second-order valence-electron chi connectivity index (χ2n) is 10.5. The lowest BCUT2D eigenvalue weighted by atomic mass is 9.60. The van der Waals surface area contributed by atoms with Gasteiger partial charge in [-0.25, -0.2) is 10.0 Å². The van der Waals surface area contributed by atoms with E-state index >= 15 is 0 Å². The van der Waals surface area contributed by atoms with Crippen LogP contribution >= 0.6 is 0 Å². The molecule has 0 radical (unpaired) electrons. The van der Waals surface area contributed by atoms with Gasteiger partial charge in [0.25, 0.3) is 27.8 Å². The molecule has 0 saturated carbocycles. The minimum absolute atomic E-state index is 0.211. The molecule has 43 heavy (non-hydrogen) atoms. The average molecular weight is 599 g/mol. The van der Waals surface area contributed by atoms with Gasteiger partial charge in [0.15, 0.2) is 0 Å².